The van der Waals surface area contributed by atoms with Gasteiger partial charge < -0.3 is 19.6 Å². The molecule has 2 amide bonds. The van der Waals surface area contributed by atoms with E-state index in [9.17, 15) is 19.5 Å². The first-order chi connectivity index (χ1) is 14.3. The zero-order valence-corrected chi connectivity index (χ0v) is 18.1. The highest BCUT2D eigenvalue weighted by atomic mass is 32.2. The second kappa shape index (κ2) is 8.23. The van der Waals surface area contributed by atoms with Gasteiger partial charge in [0.1, 0.15) is 24.7 Å². The molecular formula is C22H28N2O5S. The third kappa shape index (κ3) is 3.71. The maximum absolute atomic E-state index is 12.9. The highest BCUT2D eigenvalue weighted by molar-refractivity contribution is 8.01. The zero-order valence-electron chi connectivity index (χ0n) is 17.3. The molecule has 0 spiro atoms. The Morgan fingerprint density at radius 2 is 1.87 bits per heavy atom. The standard InChI is InChI=1S/C22H28N2O5S/c1-22(2)17(21(28)29-13-14-9-5-3-6-10-14)24-18(26)15(20(24)30-22)16(25)19(27)23-11-7-4-8-12-23/h3,5-6,9-10,15-17,20,25H,4,7-8,11-13H2,1-2H3/t15-,16+,17+,20-/m1/s1. The molecule has 162 valence electrons. The molecule has 0 aliphatic carbocycles. The Bertz CT molecular complexity index is 824. The molecule has 3 saturated heterocycles. The minimum absolute atomic E-state index is 0.142. The van der Waals surface area contributed by atoms with E-state index in [2.05, 4.69) is 0 Å². The van der Waals surface area contributed by atoms with Gasteiger partial charge in [-0.1, -0.05) is 30.3 Å². The Kier molecular flexibility index (Phi) is 5.81. The minimum atomic E-state index is -1.36. The maximum atomic E-state index is 12.9. The zero-order chi connectivity index (χ0) is 21.5. The van der Waals surface area contributed by atoms with E-state index in [0.717, 1.165) is 24.8 Å². The third-order valence-corrected chi connectivity index (χ3v) is 7.78. The average molecular weight is 433 g/mol. The SMILES string of the molecule is CC1(C)S[C@@H]2[C@H]([C@H](O)C(=O)N3CCCCC3)C(=O)N2[C@H]1C(=O)OCc1ccccc1. The topological polar surface area (TPSA) is 87.2 Å². The Labute approximate surface area is 180 Å². The molecule has 4 atom stereocenters. The lowest BCUT2D eigenvalue weighted by molar-refractivity contribution is -0.175. The molecule has 1 aromatic rings. The molecule has 0 saturated carbocycles. The van der Waals surface area contributed by atoms with Gasteiger partial charge in [-0.25, -0.2) is 4.79 Å². The number of hydrogen-bond donors (Lipinski definition) is 1. The maximum Gasteiger partial charge on any atom is 0.330 e. The molecule has 4 rings (SSSR count). The molecule has 8 heteroatoms. The van der Waals surface area contributed by atoms with E-state index in [0.29, 0.717) is 13.1 Å². The Balaban J connectivity index is 1.43. The number of ether oxygens (including phenoxy) is 1. The molecule has 0 unspecified atom stereocenters. The first-order valence-corrected chi connectivity index (χ1v) is 11.4. The fraction of sp³-hybridized carbons (Fsp3) is 0.591. The molecule has 3 aliphatic heterocycles. The first kappa shape index (κ1) is 21.2. The lowest BCUT2D eigenvalue weighted by atomic mass is 9.87. The van der Waals surface area contributed by atoms with Gasteiger partial charge in [-0.15, -0.1) is 11.8 Å². The van der Waals surface area contributed by atoms with Crippen LogP contribution < -0.4 is 0 Å². The number of carbonyl (C=O) groups excluding carboxylic acids is 3. The van der Waals surface area contributed by atoms with Crippen LogP contribution in [0.4, 0.5) is 0 Å². The van der Waals surface area contributed by atoms with Crippen LogP contribution in [0.1, 0.15) is 38.7 Å². The molecule has 7 nitrogen and oxygen atoms in total. The number of aliphatic hydroxyl groups excluding tert-OH is 1. The Hall–Kier alpha value is -2.06. The lowest BCUT2D eigenvalue weighted by Gasteiger charge is -2.46. The molecule has 1 N–H and O–H groups in total. The molecule has 30 heavy (non-hydrogen) atoms. The summed E-state index contributed by atoms with van der Waals surface area (Å²) in [7, 11) is 0. The molecule has 3 heterocycles. The van der Waals surface area contributed by atoms with Gasteiger partial charge in [0.25, 0.3) is 5.91 Å². The van der Waals surface area contributed by atoms with Crippen LogP contribution in [-0.2, 0) is 25.7 Å². The molecule has 0 aromatic heterocycles. The number of esters is 1. The number of piperidine rings is 1. The number of hydrogen-bond acceptors (Lipinski definition) is 6. The number of β-lactam (4-membered cyclic amide) rings is 1. The summed E-state index contributed by atoms with van der Waals surface area (Å²) in [5, 5.41) is 10.3. The molecular weight excluding hydrogens is 404 g/mol. The van der Waals surface area contributed by atoms with Gasteiger partial charge in [-0.2, -0.15) is 0 Å². The predicted octanol–water partition coefficient (Wildman–Crippen LogP) is 1.78. The number of benzene rings is 1. The van der Waals surface area contributed by atoms with Gasteiger partial charge in [-0.3, -0.25) is 9.59 Å². The second-order valence-electron chi connectivity index (χ2n) is 8.71. The Morgan fingerprint density at radius 1 is 1.20 bits per heavy atom. The monoisotopic (exact) mass is 432 g/mol. The van der Waals surface area contributed by atoms with Crippen molar-refractivity contribution in [2.75, 3.05) is 13.1 Å². The van der Waals surface area contributed by atoms with Crippen molar-refractivity contribution in [3.05, 3.63) is 35.9 Å². The van der Waals surface area contributed by atoms with Crippen LogP contribution in [0.25, 0.3) is 0 Å². The van der Waals surface area contributed by atoms with E-state index in [4.69, 9.17) is 4.74 Å². The van der Waals surface area contributed by atoms with Crippen molar-refractivity contribution in [3.63, 3.8) is 0 Å². The van der Waals surface area contributed by atoms with Crippen LogP contribution in [0.5, 0.6) is 0 Å². The number of aliphatic hydroxyl groups is 1. The number of nitrogens with zero attached hydrogens (tertiary/aromatic N) is 2. The molecule has 3 fully saturated rings. The molecule has 0 radical (unpaired) electrons. The first-order valence-electron chi connectivity index (χ1n) is 10.5. The fourth-order valence-electron chi connectivity index (χ4n) is 4.58. The quantitative estimate of drug-likeness (QED) is 0.564. The van der Waals surface area contributed by atoms with Gasteiger partial charge in [0.05, 0.1) is 5.37 Å². The lowest BCUT2D eigenvalue weighted by Crippen LogP contribution is -2.67. The van der Waals surface area contributed by atoms with Crippen molar-refractivity contribution in [3.8, 4) is 0 Å². The van der Waals surface area contributed by atoms with Crippen molar-refractivity contribution in [2.45, 2.75) is 62.0 Å². The normalized spacial score (nSPS) is 28.5. The largest absolute Gasteiger partial charge is 0.459 e. The van der Waals surface area contributed by atoms with Crippen LogP contribution in [0.15, 0.2) is 30.3 Å². The van der Waals surface area contributed by atoms with E-state index in [1.54, 1.807) is 4.90 Å². The van der Waals surface area contributed by atoms with Gasteiger partial charge in [0.2, 0.25) is 5.91 Å². The van der Waals surface area contributed by atoms with Gasteiger partial charge in [0, 0.05) is 17.8 Å². The number of fused-ring (bicyclic) bond motifs is 1. The van der Waals surface area contributed by atoms with Crippen LogP contribution >= 0.6 is 11.8 Å². The van der Waals surface area contributed by atoms with E-state index in [1.807, 2.05) is 44.2 Å². The van der Waals surface area contributed by atoms with Crippen LogP contribution in [-0.4, -0.2) is 68.0 Å². The van der Waals surface area contributed by atoms with Crippen molar-refractivity contribution in [1.29, 1.82) is 0 Å². The molecule has 0 bridgehead atoms. The summed E-state index contributed by atoms with van der Waals surface area (Å²) < 4.78 is 4.93. The van der Waals surface area contributed by atoms with Crippen LogP contribution in [0.2, 0.25) is 0 Å². The fourth-order valence-corrected chi connectivity index (χ4v) is 6.29. The van der Waals surface area contributed by atoms with Crippen molar-refractivity contribution < 1.29 is 24.2 Å². The number of likely N-dealkylation sites (tertiary alicyclic amines) is 1. The van der Waals surface area contributed by atoms with Gasteiger partial charge in [-0.05, 0) is 38.7 Å². The summed E-state index contributed by atoms with van der Waals surface area (Å²) in [6, 6.07) is 8.65. The van der Waals surface area contributed by atoms with E-state index < -0.39 is 34.2 Å². The minimum Gasteiger partial charge on any atom is -0.459 e. The highest BCUT2D eigenvalue weighted by Crippen LogP contribution is 2.54. The number of rotatable bonds is 5. The summed E-state index contributed by atoms with van der Waals surface area (Å²) in [6.45, 7) is 5.18. The summed E-state index contributed by atoms with van der Waals surface area (Å²) in [6.07, 6.45) is 1.56. The van der Waals surface area contributed by atoms with E-state index in [1.165, 1.54) is 16.7 Å². The van der Waals surface area contributed by atoms with Crippen LogP contribution in [0, 0.1) is 5.92 Å². The van der Waals surface area contributed by atoms with Gasteiger partial charge >= 0.3 is 5.97 Å². The summed E-state index contributed by atoms with van der Waals surface area (Å²) in [5.41, 5.74) is 0.876. The summed E-state index contributed by atoms with van der Waals surface area (Å²) >= 11 is 1.45. The average Bonchev–Trinajstić information content (AvgIpc) is 3.00. The highest BCUT2D eigenvalue weighted by Gasteiger charge is 2.66. The summed E-state index contributed by atoms with van der Waals surface area (Å²) in [5.74, 6) is -1.99. The number of amides is 2. The second-order valence-corrected chi connectivity index (χ2v) is 10.5. The number of carbonyl (C=O) groups is 3. The molecule has 1 aromatic carbocycles. The number of thioether (sulfide) groups is 1. The Morgan fingerprint density at radius 3 is 2.53 bits per heavy atom. The third-order valence-electron chi connectivity index (χ3n) is 6.19. The van der Waals surface area contributed by atoms with Crippen LogP contribution in [0.3, 0.4) is 0 Å². The van der Waals surface area contributed by atoms with Crippen molar-refractivity contribution >= 4 is 29.5 Å². The van der Waals surface area contributed by atoms with Crippen molar-refractivity contribution in [1.82, 2.24) is 9.80 Å². The van der Waals surface area contributed by atoms with Crippen molar-refractivity contribution in [2.24, 2.45) is 5.92 Å². The smallest absolute Gasteiger partial charge is 0.330 e. The molecule has 3 aliphatic rings. The van der Waals surface area contributed by atoms with E-state index in [-0.39, 0.29) is 18.4 Å². The van der Waals surface area contributed by atoms with Gasteiger partial charge in [0.15, 0.2) is 0 Å². The summed E-state index contributed by atoms with van der Waals surface area (Å²) in [4.78, 5) is 41.6. The predicted molar refractivity (Wildman–Crippen MR) is 112 cm³/mol. The van der Waals surface area contributed by atoms with E-state index >= 15 is 0 Å².